The summed E-state index contributed by atoms with van der Waals surface area (Å²) >= 11 is 0. The van der Waals surface area contributed by atoms with E-state index in [1.54, 1.807) is 6.33 Å². The smallest absolute Gasteiger partial charge is 0.303 e. The number of aliphatic carboxylic acids is 1. The second-order valence-corrected chi connectivity index (χ2v) is 4.40. The van der Waals surface area contributed by atoms with Crippen LogP contribution in [0.15, 0.2) is 12.4 Å². The van der Waals surface area contributed by atoms with E-state index in [0.717, 1.165) is 30.8 Å². The number of carboxylic acids is 1. The maximum Gasteiger partial charge on any atom is 0.303 e. The van der Waals surface area contributed by atoms with Crippen molar-refractivity contribution in [1.82, 2.24) is 9.97 Å². The van der Waals surface area contributed by atoms with E-state index in [-0.39, 0.29) is 12.3 Å². The number of rotatable bonds is 8. The van der Waals surface area contributed by atoms with Crippen LogP contribution in [-0.4, -0.2) is 27.6 Å². The molecular formula is C13H21N3O2. The molecule has 1 heterocycles. The third kappa shape index (κ3) is 5.12. The molecule has 2 N–H and O–H groups in total. The van der Waals surface area contributed by atoms with Crippen molar-refractivity contribution in [3.05, 3.63) is 18.1 Å². The van der Waals surface area contributed by atoms with Crippen LogP contribution in [-0.2, 0) is 11.2 Å². The molecule has 100 valence electrons. The standard InChI is InChI=1S/C13H21N3O2/c1-3-5-11-7-12(16-9-15-11)14-8-10(4-2)6-13(17)18/h7,9-10H,3-6,8H2,1-2H3,(H,17,18)(H,14,15,16). The summed E-state index contributed by atoms with van der Waals surface area (Å²) in [6.45, 7) is 4.73. The Bertz CT molecular complexity index is 382. The zero-order valence-electron chi connectivity index (χ0n) is 11.0. The van der Waals surface area contributed by atoms with Crippen LogP contribution in [0, 0.1) is 5.92 Å². The zero-order chi connectivity index (χ0) is 13.4. The molecule has 0 aliphatic heterocycles. The van der Waals surface area contributed by atoms with E-state index >= 15 is 0 Å². The Morgan fingerprint density at radius 1 is 1.44 bits per heavy atom. The number of hydrogen-bond acceptors (Lipinski definition) is 4. The minimum atomic E-state index is -0.752. The number of carbonyl (C=O) groups is 1. The quantitative estimate of drug-likeness (QED) is 0.741. The van der Waals surface area contributed by atoms with Gasteiger partial charge >= 0.3 is 5.97 Å². The molecule has 1 aromatic heterocycles. The summed E-state index contributed by atoms with van der Waals surface area (Å²) in [7, 11) is 0. The highest BCUT2D eigenvalue weighted by Crippen LogP contribution is 2.11. The highest BCUT2D eigenvalue weighted by molar-refractivity contribution is 5.67. The van der Waals surface area contributed by atoms with Crippen molar-refractivity contribution in [3.63, 3.8) is 0 Å². The molecule has 0 bridgehead atoms. The van der Waals surface area contributed by atoms with E-state index < -0.39 is 5.97 Å². The Labute approximate surface area is 108 Å². The Kier molecular flexibility index (Phi) is 6.11. The topological polar surface area (TPSA) is 75.1 Å². The van der Waals surface area contributed by atoms with Gasteiger partial charge in [-0.15, -0.1) is 0 Å². The van der Waals surface area contributed by atoms with Gasteiger partial charge in [-0.25, -0.2) is 9.97 Å². The molecule has 0 fully saturated rings. The van der Waals surface area contributed by atoms with E-state index in [4.69, 9.17) is 5.11 Å². The molecule has 0 radical (unpaired) electrons. The van der Waals surface area contributed by atoms with Crippen LogP contribution in [0.4, 0.5) is 5.82 Å². The first kappa shape index (κ1) is 14.4. The van der Waals surface area contributed by atoms with Gasteiger partial charge in [-0.05, 0) is 12.3 Å². The van der Waals surface area contributed by atoms with Gasteiger partial charge in [0.15, 0.2) is 0 Å². The number of anilines is 1. The van der Waals surface area contributed by atoms with Crippen molar-refractivity contribution in [2.75, 3.05) is 11.9 Å². The third-order valence-electron chi connectivity index (χ3n) is 2.84. The van der Waals surface area contributed by atoms with Gasteiger partial charge in [0.1, 0.15) is 12.1 Å². The summed E-state index contributed by atoms with van der Waals surface area (Å²) in [6.07, 6.45) is 4.56. The van der Waals surface area contributed by atoms with Gasteiger partial charge in [-0.2, -0.15) is 0 Å². The molecule has 0 saturated heterocycles. The predicted octanol–water partition coefficient (Wildman–Crippen LogP) is 2.34. The molecule has 18 heavy (non-hydrogen) atoms. The van der Waals surface area contributed by atoms with E-state index in [2.05, 4.69) is 22.2 Å². The molecule has 1 atom stereocenters. The summed E-state index contributed by atoms with van der Waals surface area (Å²) in [5.74, 6) is 0.155. The minimum absolute atomic E-state index is 0.132. The third-order valence-corrected chi connectivity index (χ3v) is 2.84. The first-order valence-electron chi connectivity index (χ1n) is 6.42. The van der Waals surface area contributed by atoms with Crippen LogP contribution >= 0.6 is 0 Å². The maximum atomic E-state index is 10.7. The van der Waals surface area contributed by atoms with Crippen LogP contribution in [0.25, 0.3) is 0 Å². The van der Waals surface area contributed by atoms with Crippen LogP contribution in [0.1, 0.15) is 38.8 Å². The van der Waals surface area contributed by atoms with Crippen molar-refractivity contribution in [3.8, 4) is 0 Å². The molecule has 0 amide bonds. The lowest BCUT2D eigenvalue weighted by atomic mass is 10.0. The second kappa shape index (κ2) is 7.63. The highest BCUT2D eigenvalue weighted by Gasteiger charge is 2.11. The summed E-state index contributed by atoms with van der Waals surface area (Å²) in [6, 6.07) is 1.93. The van der Waals surface area contributed by atoms with Gasteiger partial charge in [-0.1, -0.05) is 26.7 Å². The van der Waals surface area contributed by atoms with Crippen molar-refractivity contribution < 1.29 is 9.90 Å². The first-order chi connectivity index (χ1) is 8.65. The highest BCUT2D eigenvalue weighted by atomic mass is 16.4. The number of hydrogen-bond donors (Lipinski definition) is 2. The van der Waals surface area contributed by atoms with E-state index in [9.17, 15) is 4.79 Å². The molecule has 1 aromatic rings. The fraction of sp³-hybridized carbons (Fsp3) is 0.615. The lowest BCUT2D eigenvalue weighted by Gasteiger charge is -2.14. The molecule has 0 spiro atoms. The molecule has 5 heteroatoms. The van der Waals surface area contributed by atoms with Crippen molar-refractivity contribution in [2.45, 2.75) is 39.5 Å². The second-order valence-electron chi connectivity index (χ2n) is 4.40. The maximum absolute atomic E-state index is 10.7. The number of aryl methyl sites for hydroxylation is 1. The van der Waals surface area contributed by atoms with Crippen molar-refractivity contribution in [1.29, 1.82) is 0 Å². The minimum Gasteiger partial charge on any atom is -0.481 e. The van der Waals surface area contributed by atoms with Gasteiger partial charge in [-0.3, -0.25) is 4.79 Å². The normalized spacial score (nSPS) is 12.1. The lowest BCUT2D eigenvalue weighted by molar-refractivity contribution is -0.138. The van der Waals surface area contributed by atoms with Gasteiger partial charge in [0.05, 0.1) is 0 Å². The molecule has 0 aliphatic carbocycles. The number of nitrogens with one attached hydrogen (secondary N) is 1. The first-order valence-corrected chi connectivity index (χ1v) is 6.42. The van der Waals surface area contributed by atoms with Gasteiger partial charge in [0.25, 0.3) is 0 Å². The molecular weight excluding hydrogens is 230 g/mol. The lowest BCUT2D eigenvalue weighted by Crippen LogP contribution is -2.17. The number of carboxylic acid groups (broad SMARTS) is 1. The SMILES string of the molecule is CCCc1cc(NCC(CC)CC(=O)O)ncn1. The molecule has 5 nitrogen and oxygen atoms in total. The zero-order valence-corrected chi connectivity index (χ0v) is 11.0. The Balaban J connectivity index is 2.50. The summed E-state index contributed by atoms with van der Waals surface area (Å²) in [5.41, 5.74) is 1.02. The average molecular weight is 251 g/mol. The Morgan fingerprint density at radius 2 is 2.22 bits per heavy atom. The fourth-order valence-electron chi connectivity index (χ4n) is 1.74. The van der Waals surface area contributed by atoms with E-state index in [1.165, 1.54) is 0 Å². The molecule has 1 unspecified atom stereocenters. The molecule has 0 saturated carbocycles. The average Bonchev–Trinajstić information content (AvgIpc) is 2.35. The largest absolute Gasteiger partial charge is 0.481 e. The van der Waals surface area contributed by atoms with Crippen LogP contribution in [0.5, 0.6) is 0 Å². The van der Waals surface area contributed by atoms with Crippen LogP contribution in [0.3, 0.4) is 0 Å². The monoisotopic (exact) mass is 251 g/mol. The van der Waals surface area contributed by atoms with Crippen LogP contribution < -0.4 is 5.32 Å². The molecule has 0 aromatic carbocycles. The Hall–Kier alpha value is -1.65. The summed E-state index contributed by atoms with van der Waals surface area (Å²) < 4.78 is 0. The van der Waals surface area contributed by atoms with Gasteiger partial charge in [0, 0.05) is 24.7 Å². The number of aromatic nitrogens is 2. The van der Waals surface area contributed by atoms with Gasteiger partial charge < -0.3 is 10.4 Å². The van der Waals surface area contributed by atoms with Crippen molar-refractivity contribution >= 4 is 11.8 Å². The molecule has 1 rings (SSSR count). The number of nitrogens with zero attached hydrogens (tertiary/aromatic N) is 2. The summed E-state index contributed by atoms with van der Waals surface area (Å²) in [4.78, 5) is 19.0. The molecule has 0 aliphatic rings. The fourth-order valence-corrected chi connectivity index (χ4v) is 1.74. The Morgan fingerprint density at radius 3 is 2.83 bits per heavy atom. The van der Waals surface area contributed by atoms with E-state index in [0.29, 0.717) is 6.54 Å². The van der Waals surface area contributed by atoms with Crippen molar-refractivity contribution in [2.24, 2.45) is 5.92 Å². The van der Waals surface area contributed by atoms with Crippen LogP contribution in [0.2, 0.25) is 0 Å². The van der Waals surface area contributed by atoms with E-state index in [1.807, 2.05) is 13.0 Å². The predicted molar refractivity (Wildman–Crippen MR) is 70.6 cm³/mol. The van der Waals surface area contributed by atoms with Gasteiger partial charge in [0.2, 0.25) is 0 Å². The summed E-state index contributed by atoms with van der Waals surface area (Å²) in [5, 5.41) is 12.0.